The van der Waals surface area contributed by atoms with Crippen molar-refractivity contribution in [2.45, 2.75) is 38.3 Å². The summed E-state index contributed by atoms with van der Waals surface area (Å²) in [7, 11) is -3.25. The summed E-state index contributed by atoms with van der Waals surface area (Å²) in [6.07, 6.45) is 1.96. The molecule has 0 spiro atoms. The van der Waals surface area contributed by atoms with Crippen LogP contribution in [0.4, 0.5) is 0 Å². The summed E-state index contributed by atoms with van der Waals surface area (Å²) in [5.41, 5.74) is -0.128. The Morgan fingerprint density at radius 2 is 2.07 bits per heavy atom. The van der Waals surface area contributed by atoms with E-state index in [9.17, 15) is 8.42 Å². The first-order chi connectivity index (χ1) is 6.89. The Morgan fingerprint density at radius 1 is 1.40 bits per heavy atom. The van der Waals surface area contributed by atoms with E-state index in [0.717, 1.165) is 19.4 Å². The second-order valence-electron chi connectivity index (χ2n) is 5.04. The van der Waals surface area contributed by atoms with Gasteiger partial charge in [0.25, 0.3) is 10.2 Å². The monoisotopic (exact) mass is 233 g/mol. The van der Waals surface area contributed by atoms with Crippen LogP contribution in [0.2, 0.25) is 0 Å². The molecule has 1 aliphatic heterocycles. The molecule has 6 heteroatoms. The van der Waals surface area contributed by atoms with Crippen molar-refractivity contribution in [3.8, 4) is 0 Å². The minimum absolute atomic E-state index is 0.128. The summed E-state index contributed by atoms with van der Waals surface area (Å²) in [6.45, 7) is 5.86. The van der Waals surface area contributed by atoms with Crippen LogP contribution in [0.1, 0.15) is 26.7 Å². The lowest BCUT2D eigenvalue weighted by Gasteiger charge is -2.38. The standard InChI is InChI=1S/C9H19N3O2S/c1-9(2)7-12(6-5-10-9)15(13,14)11-8-3-4-8/h8,10-11H,3-7H2,1-2H3. The van der Waals surface area contributed by atoms with Crippen LogP contribution < -0.4 is 10.0 Å². The van der Waals surface area contributed by atoms with Crippen molar-refractivity contribution in [3.05, 3.63) is 0 Å². The summed E-state index contributed by atoms with van der Waals surface area (Å²) in [6, 6.07) is 0.188. The number of nitrogens with one attached hydrogen (secondary N) is 2. The van der Waals surface area contributed by atoms with E-state index in [4.69, 9.17) is 0 Å². The lowest BCUT2D eigenvalue weighted by molar-refractivity contribution is 0.231. The SMILES string of the molecule is CC1(C)CN(S(=O)(=O)NC2CC2)CCN1. The Kier molecular flexibility index (Phi) is 2.79. The van der Waals surface area contributed by atoms with Gasteiger partial charge in [-0.05, 0) is 26.7 Å². The van der Waals surface area contributed by atoms with Gasteiger partial charge in [-0.15, -0.1) is 0 Å². The van der Waals surface area contributed by atoms with Crippen molar-refractivity contribution in [2.75, 3.05) is 19.6 Å². The van der Waals surface area contributed by atoms with Crippen LogP contribution in [0, 0.1) is 0 Å². The first kappa shape index (κ1) is 11.3. The van der Waals surface area contributed by atoms with Gasteiger partial charge in [-0.25, -0.2) is 0 Å². The van der Waals surface area contributed by atoms with Gasteiger partial charge in [0, 0.05) is 31.2 Å². The summed E-state index contributed by atoms with van der Waals surface area (Å²) >= 11 is 0. The molecule has 1 saturated heterocycles. The highest BCUT2D eigenvalue weighted by atomic mass is 32.2. The topological polar surface area (TPSA) is 61.4 Å². The smallest absolute Gasteiger partial charge is 0.279 e. The van der Waals surface area contributed by atoms with Crippen molar-refractivity contribution in [1.82, 2.24) is 14.3 Å². The highest BCUT2D eigenvalue weighted by molar-refractivity contribution is 7.87. The van der Waals surface area contributed by atoms with E-state index < -0.39 is 10.2 Å². The summed E-state index contributed by atoms with van der Waals surface area (Å²) in [4.78, 5) is 0. The number of rotatable bonds is 3. The molecule has 2 fully saturated rings. The third-order valence-electron chi connectivity index (χ3n) is 2.77. The highest BCUT2D eigenvalue weighted by Gasteiger charge is 2.35. The van der Waals surface area contributed by atoms with Gasteiger partial charge in [-0.1, -0.05) is 0 Å². The fraction of sp³-hybridized carbons (Fsp3) is 1.00. The van der Waals surface area contributed by atoms with Crippen LogP contribution >= 0.6 is 0 Å². The molecule has 2 rings (SSSR count). The number of piperazine rings is 1. The average molecular weight is 233 g/mol. The molecule has 2 aliphatic rings. The minimum Gasteiger partial charge on any atom is -0.309 e. The zero-order valence-corrected chi connectivity index (χ0v) is 10.1. The van der Waals surface area contributed by atoms with Gasteiger partial charge in [0.15, 0.2) is 0 Å². The zero-order valence-electron chi connectivity index (χ0n) is 9.28. The maximum atomic E-state index is 11.9. The predicted molar refractivity (Wildman–Crippen MR) is 58.7 cm³/mol. The molecule has 0 aromatic carbocycles. The Morgan fingerprint density at radius 3 is 2.60 bits per heavy atom. The van der Waals surface area contributed by atoms with Crippen LogP contribution in [0.25, 0.3) is 0 Å². The molecule has 0 aromatic heterocycles. The molecule has 0 aromatic rings. The van der Waals surface area contributed by atoms with Crippen LogP contribution in [0.5, 0.6) is 0 Å². The molecule has 15 heavy (non-hydrogen) atoms. The van der Waals surface area contributed by atoms with Crippen LogP contribution in [-0.4, -0.2) is 43.9 Å². The number of hydrogen-bond donors (Lipinski definition) is 2. The van der Waals surface area contributed by atoms with Gasteiger partial charge in [0.05, 0.1) is 0 Å². The number of hydrogen-bond acceptors (Lipinski definition) is 3. The molecule has 0 radical (unpaired) electrons. The molecule has 1 saturated carbocycles. The van der Waals surface area contributed by atoms with Gasteiger partial charge < -0.3 is 5.32 Å². The fourth-order valence-corrected chi connectivity index (χ4v) is 3.42. The lowest BCUT2D eigenvalue weighted by Crippen LogP contribution is -2.60. The van der Waals surface area contributed by atoms with E-state index in [0.29, 0.717) is 13.1 Å². The maximum absolute atomic E-state index is 11.9. The molecule has 2 N–H and O–H groups in total. The van der Waals surface area contributed by atoms with Crippen LogP contribution in [0.15, 0.2) is 0 Å². The molecular weight excluding hydrogens is 214 g/mol. The van der Waals surface area contributed by atoms with Gasteiger partial charge in [0.2, 0.25) is 0 Å². The van der Waals surface area contributed by atoms with Crippen molar-refractivity contribution in [3.63, 3.8) is 0 Å². The van der Waals surface area contributed by atoms with E-state index in [1.54, 1.807) is 4.31 Å². The van der Waals surface area contributed by atoms with E-state index in [1.807, 2.05) is 13.8 Å². The molecule has 88 valence electrons. The third kappa shape index (κ3) is 2.90. The van der Waals surface area contributed by atoms with Crippen molar-refractivity contribution in [1.29, 1.82) is 0 Å². The van der Waals surface area contributed by atoms with Crippen LogP contribution in [0.3, 0.4) is 0 Å². The molecule has 5 nitrogen and oxygen atoms in total. The van der Waals surface area contributed by atoms with Crippen molar-refractivity contribution in [2.24, 2.45) is 0 Å². The molecule has 1 heterocycles. The molecular formula is C9H19N3O2S. The Hall–Kier alpha value is -0.170. The molecule has 0 atom stereocenters. The first-order valence-electron chi connectivity index (χ1n) is 5.41. The van der Waals surface area contributed by atoms with Crippen LogP contribution in [-0.2, 0) is 10.2 Å². The largest absolute Gasteiger partial charge is 0.309 e. The zero-order chi connectivity index (χ0) is 11.1. The molecule has 0 unspecified atom stereocenters. The second kappa shape index (κ2) is 3.69. The predicted octanol–water partition coefficient (Wildman–Crippen LogP) is -0.333. The van der Waals surface area contributed by atoms with Gasteiger partial charge in [-0.3, -0.25) is 0 Å². The summed E-state index contributed by atoms with van der Waals surface area (Å²) in [5.74, 6) is 0. The number of nitrogens with zero attached hydrogens (tertiary/aromatic N) is 1. The molecule has 0 amide bonds. The normalized spacial score (nSPS) is 27.9. The Bertz CT molecular complexity index is 335. The fourth-order valence-electron chi connectivity index (χ4n) is 1.79. The van der Waals surface area contributed by atoms with Gasteiger partial charge >= 0.3 is 0 Å². The third-order valence-corrected chi connectivity index (χ3v) is 4.39. The lowest BCUT2D eigenvalue weighted by atomic mass is 10.0. The van der Waals surface area contributed by atoms with Gasteiger partial charge in [-0.2, -0.15) is 17.4 Å². The van der Waals surface area contributed by atoms with E-state index >= 15 is 0 Å². The minimum atomic E-state index is -3.25. The second-order valence-corrected chi connectivity index (χ2v) is 6.74. The summed E-state index contributed by atoms with van der Waals surface area (Å²) < 4.78 is 28.1. The van der Waals surface area contributed by atoms with E-state index in [2.05, 4.69) is 10.0 Å². The molecule has 0 bridgehead atoms. The Labute approximate surface area is 91.4 Å². The summed E-state index contributed by atoms with van der Waals surface area (Å²) in [5, 5.41) is 3.30. The van der Waals surface area contributed by atoms with E-state index in [-0.39, 0.29) is 11.6 Å². The first-order valence-corrected chi connectivity index (χ1v) is 6.85. The quantitative estimate of drug-likeness (QED) is 0.701. The van der Waals surface area contributed by atoms with E-state index in [1.165, 1.54) is 0 Å². The average Bonchev–Trinajstić information content (AvgIpc) is 2.85. The van der Waals surface area contributed by atoms with Gasteiger partial charge in [0.1, 0.15) is 0 Å². The highest BCUT2D eigenvalue weighted by Crippen LogP contribution is 2.21. The molecule has 1 aliphatic carbocycles. The van der Waals surface area contributed by atoms with Crippen molar-refractivity contribution >= 4 is 10.2 Å². The maximum Gasteiger partial charge on any atom is 0.279 e. The van der Waals surface area contributed by atoms with Crippen molar-refractivity contribution < 1.29 is 8.42 Å². The Balaban J connectivity index is 2.02.